The van der Waals surface area contributed by atoms with Gasteiger partial charge in [-0.15, -0.1) is 0 Å². The van der Waals surface area contributed by atoms with Crippen molar-refractivity contribution in [2.45, 2.75) is 69.9 Å². The standard InChI is InChI=1S/C27H31NO4S2/c1-16-11-18(3)26(19(4)12-16)33(29)32-24-15-22-9-7-8-10-23(22)25(24)28-34(30,31)27-20(5)13-17(2)14-21(27)6/h7-14,24-25,28H,15H2,1-6H3/t24-,25+,33?/m1/s1. The van der Waals surface area contributed by atoms with E-state index < -0.39 is 33.2 Å². The summed E-state index contributed by atoms with van der Waals surface area (Å²) in [6.45, 7) is 11.4. The molecule has 180 valence electrons. The van der Waals surface area contributed by atoms with Crippen LogP contribution in [0.3, 0.4) is 0 Å². The lowest BCUT2D eigenvalue weighted by Crippen LogP contribution is -2.36. The number of aryl methyl sites for hydroxylation is 6. The van der Waals surface area contributed by atoms with E-state index in [1.54, 1.807) is 0 Å². The largest absolute Gasteiger partial charge is 0.281 e. The monoisotopic (exact) mass is 497 g/mol. The molecule has 3 aromatic rings. The van der Waals surface area contributed by atoms with Crippen molar-refractivity contribution in [3.05, 3.63) is 93.0 Å². The highest BCUT2D eigenvalue weighted by Gasteiger charge is 2.38. The first kappa shape index (κ1) is 24.8. The Kier molecular flexibility index (Phi) is 6.84. The molecule has 3 atom stereocenters. The fourth-order valence-corrected chi connectivity index (χ4v) is 8.03. The van der Waals surface area contributed by atoms with Crippen LogP contribution in [-0.4, -0.2) is 18.7 Å². The predicted molar refractivity (Wildman–Crippen MR) is 136 cm³/mol. The van der Waals surface area contributed by atoms with Gasteiger partial charge in [-0.3, -0.25) is 4.18 Å². The van der Waals surface area contributed by atoms with E-state index >= 15 is 0 Å². The van der Waals surface area contributed by atoms with Gasteiger partial charge in [-0.25, -0.2) is 17.3 Å². The van der Waals surface area contributed by atoms with Crippen LogP contribution in [0, 0.1) is 41.5 Å². The molecule has 0 saturated heterocycles. The molecule has 0 aromatic heterocycles. The van der Waals surface area contributed by atoms with Crippen molar-refractivity contribution in [2.24, 2.45) is 0 Å². The zero-order valence-electron chi connectivity index (χ0n) is 20.4. The summed E-state index contributed by atoms with van der Waals surface area (Å²) in [6.07, 6.45) is -0.121. The predicted octanol–water partition coefficient (Wildman–Crippen LogP) is 5.22. The summed E-state index contributed by atoms with van der Waals surface area (Å²) in [7, 11) is -3.85. The molecule has 4 rings (SSSR count). The van der Waals surface area contributed by atoms with E-state index in [0.29, 0.717) is 22.4 Å². The molecule has 0 heterocycles. The minimum atomic E-state index is -3.85. The Hall–Kier alpha value is -2.32. The summed E-state index contributed by atoms with van der Waals surface area (Å²) in [5.74, 6) is 0. The third-order valence-corrected chi connectivity index (χ3v) is 9.47. The molecule has 1 aliphatic carbocycles. The van der Waals surface area contributed by atoms with E-state index in [-0.39, 0.29) is 4.90 Å². The van der Waals surface area contributed by atoms with Crippen LogP contribution in [0.5, 0.6) is 0 Å². The molecule has 0 radical (unpaired) electrons. The molecule has 1 unspecified atom stereocenters. The molecule has 34 heavy (non-hydrogen) atoms. The Balaban J connectivity index is 1.69. The number of sulfonamides is 1. The smallest absolute Gasteiger partial charge is 0.241 e. The maximum Gasteiger partial charge on any atom is 0.241 e. The fourth-order valence-electron chi connectivity index (χ4n) is 5.19. The summed E-state index contributed by atoms with van der Waals surface area (Å²) >= 11 is -1.73. The van der Waals surface area contributed by atoms with Gasteiger partial charge < -0.3 is 0 Å². The van der Waals surface area contributed by atoms with Gasteiger partial charge >= 0.3 is 0 Å². The first-order valence-corrected chi connectivity index (χ1v) is 13.9. The van der Waals surface area contributed by atoms with Gasteiger partial charge in [0, 0.05) is 6.42 Å². The second-order valence-corrected chi connectivity index (χ2v) is 12.0. The Morgan fingerprint density at radius 2 is 1.38 bits per heavy atom. The summed E-state index contributed by atoms with van der Waals surface area (Å²) < 4.78 is 49.4. The molecule has 0 spiro atoms. The van der Waals surface area contributed by atoms with Gasteiger partial charge in [0.05, 0.1) is 21.9 Å². The normalized spacial score (nSPS) is 18.6. The number of hydrogen-bond acceptors (Lipinski definition) is 4. The van der Waals surface area contributed by atoms with Gasteiger partial charge in [-0.05, 0) is 74.9 Å². The van der Waals surface area contributed by atoms with Gasteiger partial charge in [-0.1, -0.05) is 59.7 Å². The van der Waals surface area contributed by atoms with E-state index in [2.05, 4.69) is 4.72 Å². The van der Waals surface area contributed by atoms with E-state index in [0.717, 1.165) is 33.4 Å². The lowest BCUT2D eigenvalue weighted by molar-refractivity contribution is 0.199. The van der Waals surface area contributed by atoms with E-state index in [1.807, 2.05) is 90.1 Å². The van der Waals surface area contributed by atoms with Gasteiger partial charge in [0.25, 0.3) is 0 Å². The molecule has 0 saturated carbocycles. The molecular weight excluding hydrogens is 466 g/mol. The third-order valence-electron chi connectivity index (χ3n) is 6.32. The molecule has 3 aromatic carbocycles. The van der Waals surface area contributed by atoms with Crippen molar-refractivity contribution in [2.75, 3.05) is 0 Å². The molecule has 7 heteroatoms. The summed E-state index contributed by atoms with van der Waals surface area (Å²) in [5.41, 5.74) is 7.15. The zero-order chi connectivity index (χ0) is 24.8. The van der Waals surface area contributed by atoms with Crippen molar-refractivity contribution >= 4 is 21.1 Å². The summed E-state index contributed by atoms with van der Waals surface area (Å²) in [5, 5.41) is 0. The minimum absolute atomic E-state index is 0.285. The molecule has 0 bridgehead atoms. The van der Waals surface area contributed by atoms with E-state index in [9.17, 15) is 12.6 Å². The molecule has 1 N–H and O–H groups in total. The van der Waals surface area contributed by atoms with Crippen molar-refractivity contribution < 1.29 is 16.8 Å². The highest BCUT2D eigenvalue weighted by atomic mass is 32.2. The van der Waals surface area contributed by atoms with Gasteiger partial charge in [0.1, 0.15) is 0 Å². The third kappa shape index (κ3) is 4.75. The van der Waals surface area contributed by atoms with Crippen molar-refractivity contribution in [1.29, 1.82) is 0 Å². The molecular formula is C27H31NO4S2. The molecule has 0 fully saturated rings. The Labute approximate surface area is 205 Å². The lowest BCUT2D eigenvalue weighted by atomic mass is 10.1. The highest BCUT2D eigenvalue weighted by molar-refractivity contribution is 7.89. The van der Waals surface area contributed by atoms with Crippen LogP contribution >= 0.6 is 0 Å². The number of fused-ring (bicyclic) bond motifs is 1. The fraction of sp³-hybridized carbons (Fsp3) is 0.333. The van der Waals surface area contributed by atoms with E-state index in [1.165, 1.54) is 0 Å². The minimum Gasteiger partial charge on any atom is -0.281 e. The second-order valence-electron chi connectivity index (χ2n) is 9.33. The maximum absolute atomic E-state index is 13.6. The SMILES string of the molecule is Cc1cc(C)c(S(=O)O[C@@H]2Cc3ccccc3[C@@H]2NS(=O)(=O)c2c(C)cc(C)cc2C)c(C)c1. The van der Waals surface area contributed by atoms with Crippen molar-refractivity contribution in [1.82, 2.24) is 4.72 Å². The van der Waals surface area contributed by atoms with Crippen LogP contribution in [-0.2, 0) is 31.7 Å². The van der Waals surface area contributed by atoms with Gasteiger partial charge in [-0.2, -0.15) is 0 Å². The van der Waals surface area contributed by atoms with Crippen LogP contribution in [0.2, 0.25) is 0 Å². The zero-order valence-corrected chi connectivity index (χ0v) is 22.1. The highest BCUT2D eigenvalue weighted by Crippen LogP contribution is 2.37. The van der Waals surface area contributed by atoms with E-state index in [4.69, 9.17) is 4.18 Å². The summed E-state index contributed by atoms with van der Waals surface area (Å²) in [4.78, 5) is 0.931. The average Bonchev–Trinajstić information content (AvgIpc) is 3.02. The van der Waals surface area contributed by atoms with Crippen molar-refractivity contribution in [3.63, 3.8) is 0 Å². The number of benzene rings is 3. The maximum atomic E-state index is 13.6. The first-order chi connectivity index (χ1) is 16.0. The average molecular weight is 498 g/mol. The van der Waals surface area contributed by atoms with Crippen LogP contribution in [0.25, 0.3) is 0 Å². The number of nitrogens with one attached hydrogen (secondary N) is 1. The Morgan fingerprint density at radius 1 is 0.853 bits per heavy atom. The molecule has 1 aliphatic rings. The molecule has 0 amide bonds. The Bertz CT molecular complexity index is 1350. The van der Waals surface area contributed by atoms with Crippen molar-refractivity contribution in [3.8, 4) is 0 Å². The van der Waals surface area contributed by atoms with Gasteiger partial charge in [0.2, 0.25) is 10.0 Å². The van der Waals surface area contributed by atoms with Crippen LogP contribution < -0.4 is 4.72 Å². The van der Waals surface area contributed by atoms with Gasteiger partial charge in [0.15, 0.2) is 11.1 Å². The summed E-state index contributed by atoms with van der Waals surface area (Å²) in [6, 6.07) is 14.7. The van der Waals surface area contributed by atoms with Crippen LogP contribution in [0.15, 0.2) is 58.3 Å². The molecule has 5 nitrogen and oxygen atoms in total. The Morgan fingerprint density at radius 3 is 1.97 bits per heavy atom. The first-order valence-electron chi connectivity index (χ1n) is 11.3. The molecule has 0 aliphatic heterocycles. The lowest BCUT2D eigenvalue weighted by Gasteiger charge is -2.23. The quantitative estimate of drug-likeness (QED) is 0.507. The topological polar surface area (TPSA) is 72.5 Å². The number of rotatable bonds is 6. The second kappa shape index (κ2) is 9.38. The van der Waals surface area contributed by atoms with Crippen LogP contribution in [0.1, 0.15) is 50.5 Å². The van der Waals surface area contributed by atoms with Crippen LogP contribution in [0.4, 0.5) is 0 Å². The number of hydrogen-bond donors (Lipinski definition) is 1.